The Balaban J connectivity index is 1.57. The van der Waals surface area contributed by atoms with Crippen LogP contribution < -0.4 is 4.72 Å². The smallest absolute Gasteiger partial charge is 0.243 e. The molecule has 3 rings (SSSR count). The van der Waals surface area contributed by atoms with Gasteiger partial charge in [0.25, 0.3) is 0 Å². The van der Waals surface area contributed by atoms with Gasteiger partial charge in [0, 0.05) is 36.3 Å². The molecular weight excluding hydrogens is 399 g/mol. The number of thiazole rings is 1. The molecule has 0 aliphatic rings. The summed E-state index contributed by atoms with van der Waals surface area (Å²) in [6.07, 6.45) is 4.26. The molecule has 1 aromatic carbocycles. The minimum Gasteiger partial charge on any atom is -0.265 e. The number of nitrogens with zero attached hydrogens (tertiary/aromatic N) is 2. The standard InChI is InChI=1S/C17H14F3N3O2S2/c18-12-3-4-14(17(20)16(12)19)27(24,25)22-7-1-2-15-23-13(10-26-15)11-5-8-21-9-6-11/h3-6,8-10,22H,1-2,7H2. The molecule has 142 valence electrons. The van der Waals surface area contributed by atoms with Gasteiger partial charge in [-0.25, -0.2) is 31.3 Å². The van der Waals surface area contributed by atoms with Gasteiger partial charge in [-0.1, -0.05) is 0 Å². The molecule has 27 heavy (non-hydrogen) atoms. The van der Waals surface area contributed by atoms with Crippen molar-refractivity contribution in [3.8, 4) is 11.3 Å². The average Bonchev–Trinajstić information content (AvgIpc) is 3.13. The van der Waals surface area contributed by atoms with Gasteiger partial charge in [0.2, 0.25) is 10.0 Å². The molecule has 1 N–H and O–H groups in total. The molecule has 0 fully saturated rings. The number of sulfonamides is 1. The minimum atomic E-state index is -4.28. The van der Waals surface area contributed by atoms with Gasteiger partial charge in [0.1, 0.15) is 4.90 Å². The molecular formula is C17H14F3N3O2S2. The molecule has 0 spiro atoms. The fourth-order valence-electron chi connectivity index (χ4n) is 2.32. The van der Waals surface area contributed by atoms with Crippen molar-refractivity contribution in [3.05, 3.63) is 64.5 Å². The van der Waals surface area contributed by atoms with Crippen LogP contribution in [0.5, 0.6) is 0 Å². The predicted octanol–water partition coefficient (Wildman–Crippen LogP) is 3.53. The van der Waals surface area contributed by atoms with E-state index in [1.807, 2.05) is 17.5 Å². The summed E-state index contributed by atoms with van der Waals surface area (Å²) in [5, 5.41) is 2.71. The zero-order valence-corrected chi connectivity index (χ0v) is 15.5. The first-order valence-electron chi connectivity index (χ1n) is 7.86. The van der Waals surface area contributed by atoms with Crippen molar-refractivity contribution >= 4 is 21.4 Å². The Morgan fingerprint density at radius 1 is 1.04 bits per heavy atom. The number of halogens is 3. The Bertz CT molecular complexity index is 1040. The van der Waals surface area contributed by atoms with E-state index in [2.05, 4.69) is 14.7 Å². The van der Waals surface area contributed by atoms with Crippen LogP contribution in [0.4, 0.5) is 13.2 Å². The second-order valence-electron chi connectivity index (χ2n) is 5.54. The zero-order chi connectivity index (χ0) is 19.4. The average molecular weight is 413 g/mol. The lowest BCUT2D eigenvalue weighted by molar-refractivity contribution is 0.431. The highest BCUT2D eigenvalue weighted by atomic mass is 32.2. The van der Waals surface area contributed by atoms with Gasteiger partial charge in [0.15, 0.2) is 17.5 Å². The molecule has 0 aliphatic heterocycles. The topological polar surface area (TPSA) is 72.0 Å². The van der Waals surface area contributed by atoms with E-state index in [4.69, 9.17) is 0 Å². The summed E-state index contributed by atoms with van der Waals surface area (Å²) in [6.45, 7) is 0.00490. The lowest BCUT2D eigenvalue weighted by Crippen LogP contribution is -2.26. The monoisotopic (exact) mass is 413 g/mol. The Morgan fingerprint density at radius 2 is 1.78 bits per heavy atom. The number of aromatic nitrogens is 2. The van der Waals surface area contributed by atoms with Crippen LogP contribution in [0.25, 0.3) is 11.3 Å². The van der Waals surface area contributed by atoms with E-state index in [-0.39, 0.29) is 6.54 Å². The number of pyridine rings is 1. The lowest BCUT2D eigenvalue weighted by atomic mass is 10.2. The first-order chi connectivity index (χ1) is 12.9. The summed E-state index contributed by atoms with van der Waals surface area (Å²) in [7, 11) is -4.28. The van der Waals surface area contributed by atoms with Crippen LogP contribution in [0.15, 0.2) is 46.9 Å². The third-order valence-electron chi connectivity index (χ3n) is 3.68. The highest BCUT2D eigenvalue weighted by molar-refractivity contribution is 7.89. The summed E-state index contributed by atoms with van der Waals surface area (Å²) in [5.41, 5.74) is 1.74. The molecule has 2 heterocycles. The Labute approximate surface area is 158 Å². The van der Waals surface area contributed by atoms with Crippen molar-refractivity contribution in [2.45, 2.75) is 17.7 Å². The highest BCUT2D eigenvalue weighted by Gasteiger charge is 2.23. The van der Waals surface area contributed by atoms with E-state index in [0.29, 0.717) is 25.0 Å². The number of nitrogens with one attached hydrogen (secondary N) is 1. The maximum atomic E-state index is 13.6. The summed E-state index contributed by atoms with van der Waals surface area (Å²) >= 11 is 1.44. The lowest BCUT2D eigenvalue weighted by Gasteiger charge is -2.08. The minimum absolute atomic E-state index is 0.00490. The molecule has 0 amide bonds. The summed E-state index contributed by atoms with van der Waals surface area (Å²) in [4.78, 5) is 7.49. The molecule has 0 atom stereocenters. The van der Waals surface area contributed by atoms with E-state index in [1.165, 1.54) is 11.3 Å². The van der Waals surface area contributed by atoms with E-state index >= 15 is 0 Å². The van der Waals surface area contributed by atoms with Crippen molar-refractivity contribution in [2.75, 3.05) is 6.54 Å². The van der Waals surface area contributed by atoms with Crippen LogP contribution in [-0.2, 0) is 16.4 Å². The van der Waals surface area contributed by atoms with E-state index in [1.54, 1.807) is 12.4 Å². The molecule has 0 unspecified atom stereocenters. The summed E-state index contributed by atoms with van der Waals surface area (Å²) < 4.78 is 66.1. The Hall–Kier alpha value is -2.30. The quantitative estimate of drug-likeness (QED) is 0.475. The molecule has 3 aromatic rings. The fourth-order valence-corrected chi connectivity index (χ4v) is 4.31. The van der Waals surface area contributed by atoms with Crippen molar-refractivity contribution in [3.63, 3.8) is 0 Å². The SMILES string of the molecule is O=S(=O)(NCCCc1nc(-c2ccncc2)cs1)c1ccc(F)c(F)c1F. The van der Waals surface area contributed by atoms with Gasteiger partial charge in [-0.3, -0.25) is 4.98 Å². The normalized spacial score (nSPS) is 11.7. The van der Waals surface area contributed by atoms with Gasteiger partial charge < -0.3 is 0 Å². The van der Waals surface area contributed by atoms with Crippen molar-refractivity contribution in [1.29, 1.82) is 0 Å². The van der Waals surface area contributed by atoms with Crippen LogP contribution in [-0.4, -0.2) is 24.9 Å². The number of rotatable bonds is 7. The Kier molecular flexibility index (Phi) is 5.88. The number of benzene rings is 1. The van der Waals surface area contributed by atoms with Gasteiger partial charge >= 0.3 is 0 Å². The van der Waals surface area contributed by atoms with E-state index < -0.39 is 32.4 Å². The maximum Gasteiger partial charge on any atom is 0.243 e. The fraction of sp³-hybridized carbons (Fsp3) is 0.176. The highest BCUT2D eigenvalue weighted by Crippen LogP contribution is 2.22. The number of hydrogen-bond donors (Lipinski definition) is 1. The molecule has 0 saturated carbocycles. The first kappa shape index (κ1) is 19.5. The van der Waals surface area contributed by atoms with Crippen molar-refractivity contribution < 1.29 is 21.6 Å². The third kappa shape index (κ3) is 4.52. The maximum absolute atomic E-state index is 13.6. The van der Waals surface area contributed by atoms with E-state index in [0.717, 1.165) is 16.3 Å². The second-order valence-corrected chi connectivity index (χ2v) is 8.22. The predicted molar refractivity (Wildman–Crippen MR) is 95.2 cm³/mol. The molecule has 0 aliphatic carbocycles. The molecule has 0 bridgehead atoms. The van der Waals surface area contributed by atoms with Crippen LogP contribution in [0, 0.1) is 17.5 Å². The molecule has 2 aromatic heterocycles. The largest absolute Gasteiger partial charge is 0.265 e. The first-order valence-corrected chi connectivity index (χ1v) is 10.2. The van der Waals surface area contributed by atoms with Crippen molar-refractivity contribution in [1.82, 2.24) is 14.7 Å². The molecule has 0 radical (unpaired) electrons. The number of hydrogen-bond acceptors (Lipinski definition) is 5. The van der Waals surface area contributed by atoms with Gasteiger partial charge in [0.05, 0.1) is 10.7 Å². The molecule has 10 heteroatoms. The summed E-state index contributed by atoms with van der Waals surface area (Å²) in [6, 6.07) is 4.94. The van der Waals surface area contributed by atoms with Crippen LogP contribution in [0.2, 0.25) is 0 Å². The van der Waals surface area contributed by atoms with Crippen molar-refractivity contribution in [2.24, 2.45) is 0 Å². The third-order valence-corrected chi connectivity index (χ3v) is 6.06. The number of aryl methyl sites for hydroxylation is 1. The van der Waals surface area contributed by atoms with Crippen LogP contribution >= 0.6 is 11.3 Å². The van der Waals surface area contributed by atoms with Crippen LogP contribution in [0.3, 0.4) is 0 Å². The van der Waals surface area contributed by atoms with Gasteiger partial charge in [-0.15, -0.1) is 11.3 Å². The molecule has 5 nitrogen and oxygen atoms in total. The van der Waals surface area contributed by atoms with Gasteiger partial charge in [-0.05, 0) is 30.7 Å². The van der Waals surface area contributed by atoms with Crippen LogP contribution in [0.1, 0.15) is 11.4 Å². The van der Waals surface area contributed by atoms with E-state index in [9.17, 15) is 21.6 Å². The molecule has 0 saturated heterocycles. The zero-order valence-electron chi connectivity index (χ0n) is 13.8. The summed E-state index contributed by atoms with van der Waals surface area (Å²) in [5.74, 6) is -4.99. The second kappa shape index (κ2) is 8.15. The Morgan fingerprint density at radius 3 is 2.52 bits per heavy atom. The van der Waals surface area contributed by atoms with Gasteiger partial charge in [-0.2, -0.15) is 0 Å².